The normalized spacial score (nSPS) is 17.8. The summed E-state index contributed by atoms with van der Waals surface area (Å²) in [6, 6.07) is 3.26. The summed E-state index contributed by atoms with van der Waals surface area (Å²) in [6.07, 6.45) is 3.75. The van der Waals surface area contributed by atoms with Gasteiger partial charge in [0.2, 0.25) is 0 Å². The minimum atomic E-state index is -0.936. The molecule has 0 saturated heterocycles. The first-order chi connectivity index (χ1) is 10.0. The van der Waals surface area contributed by atoms with E-state index in [1.165, 1.54) is 0 Å². The molecule has 0 amide bonds. The van der Waals surface area contributed by atoms with E-state index >= 15 is 0 Å². The molecule has 1 aliphatic carbocycles. The minimum absolute atomic E-state index is 0.308. The molecule has 2 aromatic rings. The molecule has 0 radical (unpaired) electrons. The Labute approximate surface area is 132 Å². The number of pyridine rings is 1. The van der Waals surface area contributed by atoms with Gasteiger partial charge in [0, 0.05) is 22.0 Å². The number of aromatic nitrogens is 1. The predicted octanol–water partition coefficient (Wildman–Crippen LogP) is 5.07. The second-order valence-electron chi connectivity index (χ2n) is 5.44. The van der Waals surface area contributed by atoms with E-state index in [0.717, 1.165) is 36.9 Å². The van der Waals surface area contributed by atoms with E-state index in [9.17, 15) is 9.90 Å². The Morgan fingerprint density at radius 3 is 2.86 bits per heavy atom. The summed E-state index contributed by atoms with van der Waals surface area (Å²) >= 11 is 12.3. The zero-order chi connectivity index (χ0) is 15.1. The molecule has 1 aliphatic rings. The van der Waals surface area contributed by atoms with Crippen molar-refractivity contribution in [2.45, 2.75) is 38.5 Å². The molecular weight excluding hydrogens is 309 g/mol. The molecule has 3 nitrogen and oxygen atoms in total. The summed E-state index contributed by atoms with van der Waals surface area (Å²) in [5.41, 5.74) is 2.61. The summed E-state index contributed by atoms with van der Waals surface area (Å²) in [4.78, 5) is 16.5. The lowest BCUT2D eigenvalue weighted by Gasteiger charge is -2.26. The number of nitrogens with zero attached hydrogens (tertiary/aromatic N) is 1. The van der Waals surface area contributed by atoms with Crippen LogP contribution in [0.2, 0.25) is 10.0 Å². The van der Waals surface area contributed by atoms with Gasteiger partial charge in [-0.15, -0.1) is 0 Å². The summed E-state index contributed by atoms with van der Waals surface area (Å²) < 4.78 is 0. The van der Waals surface area contributed by atoms with Gasteiger partial charge in [-0.05, 0) is 43.4 Å². The molecule has 1 heterocycles. The topological polar surface area (TPSA) is 50.2 Å². The van der Waals surface area contributed by atoms with Crippen molar-refractivity contribution in [3.63, 3.8) is 0 Å². The molecule has 1 N–H and O–H groups in total. The highest BCUT2D eigenvalue weighted by Gasteiger charge is 2.28. The second-order valence-corrected chi connectivity index (χ2v) is 6.28. The van der Waals surface area contributed by atoms with Crippen molar-refractivity contribution in [2.75, 3.05) is 0 Å². The number of aromatic carboxylic acids is 1. The van der Waals surface area contributed by atoms with Crippen molar-refractivity contribution >= 4 is 40.1 Å². The zero-order valence-electron chi connectivity index (χ0n) is 11.6. The van der Waals surface area contributed by atoms with Gasteiger partial charge in [-0.1, -0.05) is 30.1 Å². The molecule has 5 heteroatoms. The Kier molecular flexibility index (Phi) is 3.80. The van der Waals surface area contributed by atoms with Gasteiger partial charge in [-0.25, -0.2) is 4.79 Å². The number of carboxylic acid groups (broad SMARTS) is 1. The standard InChI is InChI=1S/C16H15Cl2NO2/c1-2-8-4-3-5-10-13(16(20)21)11-6-9(17)7-12(18)15(11)19-14(8)10/h6-8H,2-5H2,1H3,(H,20,21). The number of hydrogen-bond donors (Lipinski definition) is 1. The number of carbonyl (C=O) groups is 1. The van der Waals surface area contributed by atoms with Crippen LogP contribution in [0, 0.1) is 0 Å². The SMILES string of the molecule is CCC1CCCc2c1nc1c(Cl)cc(Cl)cc1c2C(=O)O. The van der Waals surface area contributed by atoms with Crippen LogP contribution in [-0.2, 0) is 6.42 Å². The molecule has 1 unspecified atom stereocenters. The summed E-state index contributed by atoms with van der Waals surface area (Å²) in [7, 11) is 0. The predicted molar refractivity (Wildman–Crippen MR) is 84.7 cm³/mol. The van der Waals surface area contributed by atoms with Gasteiger partial charge in [0.25, 0.3) is 0 Å². The van der Waals surface area contributed by atoms with Crippen LogP contribution in [0.5, 0.6) is 0 Å². The third kappa shape index (κ3) is 2.39. The number of carboxylic acids is 1. The third-order valence-electron chi connectivity index (χ3n) is 4.21. The highest BCUT2D eigenvalue weighted by atomic mass is 35.5. The van der Waals surface area contributed by atoms with Crippen molar-refractivity contribution < 1.29 is 9.90 Å². The zero-order valence-corrected chi connectivity index (χ0v) is 13.1. The quantitative estimate of drug-likeness (QED) is 0.839. The van der Waals surface area contributed by atoms with Gasteiger partial charge in [-0.3, -0.25) is 4.98 Å². The largest absolute Gasteiger partial charge is 0.478 e. The highest BCUT2D eigenvalue weighted by Crippen LogP contribution is 2.39. The lowest BCUT2D eigenvalue weighted by atomic mass is 9.82. The fraction of sp³-hybridized carbons (Fsp3) is 0.375. The van der Waals surface area contributed by atoms with Gasteiger partial charge in [-0.2, -0.15) is 0 Å². The van der Waals surface area contributed by atoms with E-state index in [1.807, 2.05) is 0 Å². The summed E-state index contributed by atoms with van der Waals surface area (Å²) in [6.45, 7) is 2.11. The first kappa shape index (κ1) is 14.6. The smallest absolute Gasteiger partial charge is 0.336 e. The second kappa shape index (κ2) is 5.47. The van der Waals surface area contributed by atoms with Crippen LogP contribution in [0.15, 0.2) is 12.1 Å². The number of benzene rings is 1. The van der Waals surface area contributed by atoms with Gasteiger partial charge >= 0.3 is 5.97 Å². The number of fused-ring (bicyclic) bond motifs is 2. The van der Waals surface area contributed by atoms with Crippen LogP contribution in [0.4, 0.5) is 0 Å². The Morgan fingerprint density at radius 2 is 2.19 bits per heavy atom. The van der Waals surface area contributed by atoms with E-state index < -0.39 is 5.97 Å². The van der Waals surface area contributed by atoms with E-state index in [-0.39, 0.29) is 0 Å². The van der Waals surface area contributed by atoms with E-state index in [1.54, 1.807) is 12.1 Å². The van der Waals surface area contributed by atoms with Crippen molar-refractivity contribution in [2.24, 2.45) is 0 Å². The van der Waals surface area contributed by atoms with Crippen molar-refractivity contribution in [1.82, 2.24) is 4.98 Å². The van der Waals surface area contributed by atoms with Crippen LogP contribution in [0.1, 0.15) is 53.7 Å². The maximum atomic E-state index is 11.8. The molecule has 0 fully saturated rings. The third-order valence-corrected chi connectivity index (χ3v) is 4.72. The molecule has 1 aromatic heterocycles. The fourth-order valence-corrected chi connectivity index (χ4v) is 3.78. The molecule has 110 valence electrons. The number of halogens is 2. The van der Waals surface area contributed by atoms with Gasteiger partial charge in [0.1, 0.15) is 0 Å². The maximum absolute atomic E-state index is 11.8. The van der Waals surface area contributed by atoms with Gasteiger partial charge in [0.15, 0.2) is 0 Å². The average Bonchev–Trinajstić information content (AvgIpc) is 2.44. The van der Waals surface area contributed by atoms with E-state index in [2.05, 4.69) is 6.92 Å². The molecule has 0 saturated carbocycles. The molecule has 1 atom stereocenters. The Hall–Kier alpha value is -1.32. The Bertz CT molecular complexity index is 743. The Morgan fingerprint density at radius 1 is 1.43 bits per heavy atom. The number of rotatable bonds is 2. The molecule has 1 aromatic carbocycles. The molecular formula is C16H15Cl2NO2. The maximum Gasteiger partial charge on any atom is 0.336 e. The Balaban J connectivity index is 2.43. The summed E-state index contributed by atoms with van der Waals surface area (Å²) in [5.74, 6) is -0.628. The van der Waals surface area contributed by atoms with E-state index in [0.29, 0.717) is 32.4 Å². The summed E-state index contributed by atoms with van der Waals surface area (Å²) in [5, 5.41) is 11.0. The molecule has 0 spiro atoms. The van der Waals surface area contributed by atoms with Gasteiger partial charge in [0.05, 0.1) is 16.1 Å². The minimum Gasteiger partial charge on any atom is -0.478 e. The fourth-order valence-electron chi connectivity index (χ4n) is 3.24. The lowest BCUT2D eigenvalue weighted by molar-refractivity contribution is 0.0697. The first-order valence-electron chi connectivity index (χ1n) is 7.07. The van der Waals surface area contributed by atoms with Crippen LogP contribution in [-0.4, -0.2) is 16.1 Å². The molecule has 21 heavy (non-hydrogen) atoms. The van der Waals surface area contributed by atoms with Crippen molar-refractivity contribution in [1.29, 1.82) is 0 Å². The molecule has 0 bridgehead atoms. The van der Waals surface area contributed by atoms with Crippen LogP contribution in [0.3, 0.4) is 0 Å². The van der Waals surface area contributed by atoms with Crippen LogP contribution >= 0.6 is 23.2 Å². The lowest BCUT2D eigenvalue weighted by Crippen LogP contribution is -2.17. The average molecular weight is 324 g/mol. The van der Waals surface area contributed by atoms with Crippen LogP contribution < -0.4 is 0 Å². The molecule has 0 aliphatic heterocycles. The monoisotopic (exact) mass is 323 g/mol. The van der Waals surface area contributed by atoms with E-state index in [4.69, 9.17) is 28.2 Å². The van der Waals surface area contributed by atoms with Crippen molar-refractivity contribution in [3.8, 4) is 0 Å². The highest BCUT2D eigenvalue weighted by molar-refractivity contribution is 6.38. The van der Waals surface area contributed by atoms with Gasteiger partial charge < -0.3 is 5.11 Å². The molecule has 3 rings (SSSR count). The van der Waals surface area contributed by atoms with Crippen molar-refractivity contribution in [3.05, 3.63) is 39.0 Å². The van der Waals surface area contributed by atoms with Crippen LogP contribution in [0.25, 0.3) is 10.9 Å². The first-order valence-corrected chi connectivity index (χ1v) is 7.83. The number of hydrogen-bond acceptors (Lipinski definition) is 2.